The average molecular weight is 226 g/mol. The van der Waals surface area contributed by atoms with Crippen molar-refractivity contribution in [1.82, 2.24) is 10.1 Å². The Labute approximate surface area is 95.0 Å². The van der Waals surface area contributed by atoms with Crippen LogP contribution in [0.4, 0.5) is 0 Å². The first-order valence-electron chi connectivity index (χ1n) is 5.43. The Morgan fingerprint density at radius 3 is 2.94 bits per heavy atom. The summed E-state index contributed by atoms with van der Waals surface area (Å²) < 4.78 is 4.99. The molecule has 1 N–H and O–H groups in total. The number of aliphatic hydroxyl groups is 1. The SMILES string of the molecule is CCC(C)c1cc(C(=O)N(C)CCO)on1. The number of aromatic nitrogens is 1. The highest BCUT2D eigenvalue weighted by Crippen LogP contribution is 2.18. The van der Waals surface area contributed by atoms with E-state index in [1.807, 2.05) is 6.92 Å². The molecule has 1 aromatic rings. The molecule has 0 bridgehead atoms. The second kappa shape index (κ2) is 5.65. The normalized spacial score (nSPS) is 12.5. The van der Waals surface area contributed by atoms with Crippen molar-refractivity contribution in [3.63, 3.8) is 0 Å². The Kier molecular flexibility index (Phi) is 4.49. The van der Waals surface area contributed by atoms with Gasteiger partial charge in [0.25, 0.3) is 5.91 Å². The van der Waals surface area contributed by atoms with Gasteiger partial charge in [0.1, 0.15) is 0 Å². The molecular weight excluding hydrogens is 208 g/mol. The maximum Gasteiger partial charge on any atom is 0.292 e. The maximum absolute atomic E-state index is 11.7. The summed E-state index contributed by atoms with van der Waals surface area (Å²) in [5.41, 5.74) is 0.795. The van der Waals surface area contributed by atoms with Crippen LogP contribution in [0.2, 0.25) is 0 Å². The summed E-state index contributed by atoms with van der Waals surface area (Å²) in [7, 11) is 1.62. The molecule has 1 aromatic heterocycles. The van der Waals surface area contributed by atoms with Gasteiger partial charge in [0.05, 0.1) is 12.3 Å². The first-order chi connectivity index (χ1) is 7.60. The third kappa shape index (κ3) is 2.82. The minimum absolute atomic E-state index is 0.0609. The molecule has 1 amide bonds. The van der Waals surface area contributed by atoms with E-state index in [1.165, 1.54) is 4.90 Å². The molecule has 90 valence electrons. The van der Waals surface area contributed by atoms with Crippen LogP contribution in [-0.2, 0) is 0 Å². The Hall–Kier alpha value is -1.36. The van der Waals surface area contributed by atoms with Crippen molar-refractivity contribution in [3.05, 3.63) is 17.5 Å². The van der Waals surface area contributed by atoms with Gasteiger partial charge < -0.3 is 14.5 Å². The van der Waals surface area contributed by atoms with Gasteiger partial charge in [-0.25, -0.2) is 0 Å². The lowest BCUT2D eigenvalue weighted by Crippen LogP contribution is -2.29. The topological polar surface area (TPSA) is 66.6 Å². The molecule has 0 spiro atoms. The van der Waals surface area contributed by atoms with Crippen molar-refractivity contribution in [2.75, 3.05) is 20.2 Å². The van der Waals surface area contributed by atoms with Gasteiger partial charge in [-0.3, -0.25) is 4.79 Å². The predicted molar refractivity (Wildman–Crippen MR) is 59.3 cm³/mol. The molecule has 0 aliphatic carbocycles. The predicted octanol–water partition coefficient (Wildman–Crippen LogP) is 1.25. The van der Waals surface area contributed by atoms with Gasteiger partial charge in [-0.15, -0.1) is 0 Å². The fourth-order valence-electron chi connectivity index (χ4n) is 1.27. The average Bonchev–Trinajstić information content (AvgIpc) is 2.76. The highest BCUT2D eigenvalue weighted by atomic mass is 16.5. The third-order valence-corrected chi connectivity index (χ3v) is 2.64. The largest absolute Gasteiger partial charge is 0.395 e. The van der Waals surface area contributed by atoms with Gasteiger partial charge in [0, 0.05) is 25.6 Å². The van der Waals surface area contributed by atoms with E-state index in [2.05, 4.69) is 12.1 Å². The molecule has 0 fully saturated rings. The van der Waals surface area contributed by atoms with E-state index >= 15 is 0 Å². The van der Waals surface area contributed by atoms with E-state index < -0.39 is 0 Å². The highest BCUT2D eigenvalue weighted by molar-refractivity contribution is 5.91. The molecular formula is C11H18N2O3. The molecule has 16 heavy (non-hydrogen) atoms. The van der Waals surface area contributed by atoms with Crippen molar-refractivity contribution in [2.45, 2.75) is 26.2 Å². The minimum atomic E-state index is -0.254. The van der Waals surface area contributed by atoms with Gasteiger partial charge in [-0.2, -0.15) is 0 Å². The fraction of sp³-hybridized carbons (Fsp3) is 0.636. The summed E-state index contributed by atoms with van der Waals surface area (Å²) in [6.07, 6.45) is 0.951. The molecule has 5 heteroatoms. The Morgan fingerprint density at radius 1 is 1.69 bits per heavy atom. The number of likely N-dealkylation sites (N-methyl/N-ethyl adjacent to an activating group) is 1. The van der Waals surface area contributed by atoms with Crippen LogP contribution in [0.3, 0.4) is 0 Å². The summed E-state index contributed by atoms with van der Waals surface area (Å²) in [6, 6.07) is 1.67. The van der Waals surface area contributed by atoms with Crippen LogP contribution in [0, 0.1) is 0 Å². The van der Waals surface area contributed by atoms with Crippen LogP contribution in [0.1, 0.15) is 42.4 Å². The second-order valence-electron chi connectivity index (χ2n) is 3.88. The van der Waals surface area contributed by atoms with Crippen LogP contribution in [0.15, 0.2) is 10.6 Å². The minimum Gasteiger partial charge on any atom is -0.395 e. The standard InChI is InChI=1S/C11H18N2O3/c1-4-8(2)9-7-10(16-12-9)11(15)13(3)5-6-14/h7-8,14H,4-6H2,1-3H3. The van der Waals surface area contributed by atoms with E-state index in [4.69, 9.17) is 9.63 Å². The van der Waals surface area contributed by atoms with Crippen molar-refractivity contribution >= 4 is 5.91 Å². The third-order valence-electron chi connectivity index (χ3n) is 2.64. The molecule has 1 heterocycles. The lowest BCUT2D eigenvalue weighted by Gasteiger charge is -2.12. The van der Waals surface area contributed by atoms with Crippen molar-refractivity contribution < 1.29 is 14.4 Å². The Morgan fingerprint density at radius 2 is 2.38 bits per heavy atom. The molecule has 1 rings (SSSR count). The van der Waals surface area contributed by atoms with Crippen molar-refractivity contribution in [3.8, 4) is 0 Å². The molecule has 1 atom stereocenters. The molecule has 0 aliphatic rings. The first kappa shape index (κ1) is 12.7. The van der Waals surface area contributed by atoms with E-state index in [0.29, 0.717) is 0 Å². The molecule has 5 nitrogen and oxygen atoms in total. The second-order valence-corrected chi connectivity index (χ2v) is 3.88. The smallest absolute Gasteiger partial charge is 0.292 e. The summed E-state index contributed by atoms with van der Waals surface area (Å²) in [4.78, 5) is 13.1. The van der Waals surface area contributed by atoms with E-state index in [0.717, 1.165) is 12.1 Å². The zero-order valence-electron chi connectivity index (χ0n) is 9.93. The number of nitrogens with zero attached hydrogens (tertiary/aromatic N) is 2. The number of amides is 1. The molecule has 1 unspecified atom stereocenters. The van der Waals surface area contributed by atoms with Crippen LogP contribution >= 0.6 is 0 Å². The highest BCUT2D eigenvalue weighted by Gasteiger charge is 2.18. The van der Waals surface area contributed by atoms with E-state index in [9.17, 15) is 4.79 Å². The number of carbonyl (C=O) groups excluding carboxylic acids is 1. The number of carbonyl (C=O) groups is 1. The summed E-state index contributed by atoms with van der Waals surface area (Å²) in [6.45, 7) is 4.31. The molecule has 0 saturated carbocycles. The van der Waals surface area contributed by atoms with Crippen molar-refractivity contribution in [1.29, 1.82) is 0 Å². The number of hydrogen-bond donors (Lipinski definition) is 1. The summed E-state index contributed by atoms with van der Waals surface area (Å²) in [5.74, 6) is 0.260. The molecule has 0 aromatic carbocycles. The van der Waals surface area contributed by atoms with E-state index in [1.54, 1.807) is 13.1 Å². The van der Waals surface area contributed by atoms with Crippen LogP contribution in [0.5, 0.6) is 0 Å². The van der Waals surface area contributed by atoms with Crippen LogP contribution in [-0.4, -0.2) is 41.3 Å². The zero-order chi connectivity index (χ0) is 12.1. The van der Waals surface area contributed by atoms with Gasteiger partial charge >= 0.3 is 0 Å². The summed E-state index contributed by atoms with van der Waals surface area (Å²) >= 11 is 0. The van der Waals surface area contributed by atoms with Gasteiger partial charge in [0.2, 0.25) is 5.76 Å². The number of aliphatic hydroxyl groups excluding tert-OH is 1. The monoisotopic (exact) mass is 226 g/mol. The first-order valence-corrected chi connectivity index (χ1v) is 5.43. The molecule has 0 saturated heterocycles. The van der Waals surface area contributed by atoms with Gasteiger partial charge in [-0.05, 0) is 6.42 Å². The summed E-state index contributed by atoms with van der Waals surface area (Å²) in [5, 5.41) is 12.6. The van der Waals surface area contributed by atoms with Crippen LogP contribution < -0.4 is 0 Å². The fourth-order valence-corrected chi connectivity index (χ4v) is 1.27. The Bertz CT molecular complexity index is 349. The molecule has 0 aliphatic heterocycles. The molecule has 0 radical (unpaired) electrons. The quantitative estimate of drug-likeness (QED) is 0.820. The van der Waals surface area contributed by atoms with E-state index in [-0.39, 0.29) is 30.7 Å². The van der Waals surface area contributed by atoms with Gasteiger partial charge in [0.15, 0.2) is 0 Å². The van der Waals surface area contributed by atoms with Gasteiger partial charge in [-0.1, -0.05) is 19.0 Å². The zero-order valence-corrected chi connectivity index (χ0v) is 9.93. The lowest BCUT2D eigenvalue weighted by molar-refractivity contribution is 0.0726. The van der Waals surface area contributed by atoms with Crippen LogP contribution in [0.25, 0.3) is 0 Å². The van der Waals surface area contributed by atoms with Crippen molar-refractivity contribution in [2.24, 2.45) is 0 Å². The number of rotatable bonds is 5. The lowest BCUT2D eigenvalue weighted by atomic mass is 10.1. The number of hydrogen-bond acceptors (Lipinski definition) is 4. The maximum atomic E-state index is 11.7. The Balaban J connectivity index is 2.74.